The van der Waals surface area contributed by atoms with Crippen LogP contribution in [0.4, 0.5) is 5.69 Å². The summed E-state index contributed by atoms with van der Waals surface area (Å²) in [6.45, 7) is 2.27. The lowest BCUT2D eigenvalue weighted by Gasteiger charge is -2.28. The molecule has 3 rings (SSSR count). The number of hydrogen-bond donors (Lipinski definition) is 2. The van der Waals surface area contributed by atoms with Crippen LogP contribution in [0.15, 0.2) is 48.5 Å². The van der Waals surface area contributed by atoms with E-state index in [9.17, 15) is 9.59 Å². The van der Waals surface area contributed by atoms with Crippen LogP contribution in [0.25, 0.3) is 0 Å². The van der Waals surface area contributed by atoms with Crippen molar-refractivity contribution < 1.29 is 14.3 Å². The van der Waals surface area contributed by atoms with Crippen LogP contribution in [-0.4, -0.2) is 38.6 Å². The molecule has 2 aromatic carbocycles. The Bertz CT molecular complexity index is 759. The number of nitrogens with one attached hydrogen (secondary N) is 2. The maximum atomic E-state index is 12.3. The van der Waals surface area contributed by atoms with Gasteiger partial charge in [-0.3, -0.25) is 9.59 Å². The van der Waals surface area contributed by atoms with Gasteiger partial charge in [0, 0.05) is 25.3 Å². The third kappa shape index (κ3) is 4.09. The number of piperazine rings is 1. The van der Waals surface area contributed by atoms with E-state index < -0.39 is 0 Å². The second-order valence-corrected chi connectivity index (χ2v) is 5.82. The number of benzene rings is 2. The molecule has 0 aliphatic carbocycles. The summed E-state index contributed by atoms with van der Waals surface area (Å²) < 4.78 is 5.21. The molecule has 6 nitrogen and oxygen atoms in total. The number of para-hydroxylation sites is 1. The molecule has 0 radical (unpaired) electrons. The smallest absolute Gasteiger partial charge is 0.255 e. The maximum Gasteiger partial charge on any atom is 0.255 e. The molecule has 0 bridgehead atoms. The third-order valence-corrected chi connectivity index (χ3v) is 4.14. The Morgan fingerprint density at radius 3 is 2.68 bits per heavy atom. The Kier molecular flexibility index (Phi) is 5.18. The van der Waals surface area contributed by atoms with Gasteiger partial charge in [-0.2, -0.15) is 0 Å². The summed E-state index contributed by atoms with van der Waals surface area (Å²) in [5.74, 6) is 0.423. The Balaban J connectivity index is 1.60. The highest BCUT2D eigenvalue weighted by molar-refractivity contribution is 5.96. The van der Waals surface area contributed by atoms with Gasteiger partial charge in [-0.05, 0) is 29.8 Å². The van der Waals surface area contributed by atoms with Gasteiger partial charge in [0.1, 0.15) is 5.75 Å². The Morgan fingerprint density at radius 1 is 1.20 bits per heavy atom. The van der Waals surface area contributed by atoms with Gasteiger partial charge in [-0.15, -0.1) is 0 Å². The van der Waals surface area contributed by atoms with Crippen molar-refractivity contribution in [1.29, 1.82) is 0 Å². The standard InChI is InChI=1S/C19H21N3O3/c1-25-17-5-3-2-4-16(17)19(24)21-12-14-6-8-15(9-7-14)22-11-10-20-18(23)13-22/h2-9H,10-13H2,1H3,(H,20,23)(H,21,24). The second-order valence-electron chi connectivity index (χ2n) is 5.82. The molecule has 1 fully saturated rings. The Hall–Kier alpha value is -3.02. The predicted octanol–water partition coefficient (Wildman–Crippen LogP) is 1.56. The predicted molar refractivity (Wildman–Crippen MR) is 95.8 cm³/mol. The quantitative estimate of drug-likeness (QED) is 0.867. The zero-order valence-electron chi connectivity index (χ0n) is 14.1. The summed E-state index contributed by atoms with van der Waals surface area (Å²) in [6.07, 6.45) is 0. The molecule has 0 aromatic heterocycles. The molecule has 0 spiro atoms. The number of carbonyl (C=O) groups is 2. The number of methoxy groups -OCH3 is 1. The van der Waals surface area contributed by atoms with Crippen molar-refractivity contribution in [2.45, 2.75) is 6.54 Å². The van der Waals surface area contributed by atoms with Crippen molar-refractivity contribution in [3.63, 3.8) is 0 Å². The van der Waals surface area contributed by atoms with Gasteiger partial charge in [0.05, 0.1) is 19.2 Å². The lowest BCUT2D eigenvalue weighted by atomic mass is 10.1. The van der Waals surface area contributed by atoms with Crippen LogP contribution in [0.3, 0.4) is 0 Å². The van der Waals surface area contributed by atoms with E-state index in [2.05, 4.69) is 10.6 Å². The monoisotopic (exact) mass is 339 g/mol. The number of hydrogen-bond acceptors (Lipinski definition) is 4. The van der Waals surface area contributed by atoms with Crippen LogP contribution in [0.2, 0.25) is 0 Å². The van der Waals surface area contributed by atoms with Gasteiger partial charge < -0.3 is 20.3 Å². The van der Waals surface area contributed by atoms with Gasteiger partial charge in [0.2, 0.25) is 5.91 Å². The van der Waals surface area contributed by atoms with Crippen LogP contribution in [0.5, 0.6) is 5.75 Å². The molecule has 130 valence electrons. The van der Waals surface area contributed by atoms with Gasteiger partial charge >= 0.3 is 0 Å². The minimum Gasteiger partial charge on any atom is -0.496 e. The minimum absolute atomic E-state index is 0.0411. The number of ether oxygens (including phenoxy) is 1. The number of rotatable bonds is 5. The Labute approximate surface area is 146 Å². The van der Waals surface area contributed by atoms with Crippen molar-refractivity contribution in [3.05, 3.63) is 59.7 Å². The van der Waals surface area contributed by atoms with Crippen molar-refractivity contribution in [2.24, 2.45) is 0 Å². The summed E-state index contributed by atoms with van der Waals surface area (Å²) in [7, 11) is 1.55. The van der Waals surface area contributed by atoms with E-state index in [-0.39, 0.29) is 11.8 Å². The first kappa shape index (κ1) is 16.8. The van der Waals surface area contributed by atoms with Crippen LogP contribution in [0.1, 0.15) is 15.9 Å². The van der Waals surface area contributed by atoms with E-state index in [0.29, 0.717) is 30.9 Å². The van der Waals surface area contributed by atoms with E-state index >= 15 is 0 Å². The molecule has 1 heterocycles. The van der Waals surface area contributed by atoms with Crippen molar-refractivity contribution >= 4 is 17.5 Å². The average molecular weight is 339 g/mol. The maximum absolute atomic E-state index is 12.3. The molecule has 25 heavy (non-hydrogen) atoms. The molecular formula is C19H21N3O3. The Morgan fingerprint density at radius 2 is 1.96 bits per heavy atom. The summed E-state index contributed by atoms with van der Waals surface area (Å²) in [5.41, 5.74) is 2.52. The topological polar surface area (TPSA) is 70.7 Å². The van der Waals surface area contributed by atoms with E-state index in [0.717, 1.165) is 17.8 Å². The largest absolute Gasteiger partial charge is 0.496 e. The molecule has 1 aliphatic heterocycles. The van der Waals surface area contributed by atoms with Gasteiger partial charge in [0.15, 0.2) is 0 Å². The normalized spacial score (nSPS) is 14.0. The van der Waals surface area contributed by atoms with Crippen LogP contribution in [-0.2, 0) is 11.3 Å². The van der Waals surface area contributed by atoms with Crippen molar-refractivity contribution in [2.75, 3.05) is 31.6 Å². The first-order chi connectivity index (χ1) is 12.2. The number of anilines is 1. The highest BCUT2D eigenvalue weighted by Gasteiger charge is 2.16. The second kappa shape index (κ2) is 7.70. The number of nitrogens with zero attached hydrogens (tertiary/aromatic N) is 1. The highest BCUT2D eigenvalue weighted by atomic mass is 16.5. The molecular weight excluding hydrogens is 318 g/mol. The fourth-order valence-electron chi connectivity index (χ4n) is 2.79. The average Bonchev–Trinajstić information content (AvgIpc) is 2.66. The van der Waals surface area contributed by atoms with E-state index in [1.807, 2.05) is 35.2 Å². The van der Waals surface area contributed by atoms with Crippen LogP contribution in [0, 0.1) is 0 Å². The van der Waals surface area contributed by atoms with Crippen LogP contribution < -0.4 is 20.3 Å². The molecule has 0 saturated carbocycles. The summed E-state index contributed by atoms with van der Waals surface area (Å²) >= 11 is 0. The fraction of sp³-hybridized carbons (Fsp3) is 0.263. The molecule has 2 amide bonds. The summed E-state index contributed by atoms with van der Waals surface area (Å²) in [4.78, 5) is 25.8. The summed E-state index contributed by atoms with van der Waals surface area (Å²) in [5, 5.41) is 5.71. The number of carbonyl (C=O) groups excluding carboxylic acids is 2. The molecule has 1 saturated heterocycles. The summed E-state index contributed by atoms with van der Waals surface area (Å²) in [6, 6.07) is 15.0. The zero-order valence-corrected chi connectivity index (χ0v) is 14.1. The molecule has 2 N–H and O–H groups in total. The van der Waals surface area contributed by atoms with E-state index in [4.69, 9.17) is 4.74 Å². The third-order valence-electron chi connectivity index (χ3n) is 4.14. The zero-order chi connectivity index (χ0) is 17.6. The first-order valence-corrected chi connectivity index (χ1v) is 8.19. The molecule has 0 unspecified atom stereocenters. The van der Waals surface area contributed by atoms with Crippen LogP contribution >= 0.6 is 0 Å². The highest BCUT2D eigenvalue weighted by Crippen LogP contribution is 2.18. The van der Waals surface area contributed by atoms with E-state index in [1.165, 1.54) is 0 Å². The van der Waals surface area contributed by atoms with E-state index in [1.54, 1.807) is 25.3 Å². The molecule has 0 atom stereocenters. The fourth-order valence-corrected chi connectivity index (χ4v) is 2.79. The molecule has 1 aliphatic rings. The van der Waals surface area contributed by atoms with Gasteiger partial charge in [0.25, 0.3) is 5.91 Å². The van der Waals surface area contributed by atoms with Crippen molar-refractivity contribution in [3.8, 4) is 5.75 Å². The lowest BCUT2D eigenvalue weighted by Crippen LogP contribution is -2.47. The lowest BCUT2D eigenvalue weighted by molar-refractivity contribution is -0.120. The van der Waals surface area contributed by atoms with Gasteiger partial charge in [-0.1, -0.05) is 24.3 Å². The first-order valence-electron chi connectivity index (χ1n) is 8.19. The number of amides is 2. The molecule has 6 heteroatoms. The minimum atomic E-state index is -0.172. The van der Waals surface area contributed by atoms with Crippen molar-refractivity contribution in [1.82, 2.24) is 10.6 Å². The SMILES string of the molecule is COc1ccccc1C(=O)NCc1ccc(N2CCNC(=O)C2)cc1. The molecule has 2 aromatic rings. The van der Waals surface area contributed by atoms with Gasteiger partial charge in [-0.25, -0.2) is 0 Å².